The summed E-state index contributed by atoms with van der Waals surface area (Å²) in [6, 6.07) is 4.24. The Morgan fingerprint density at radius 2 is 1.95 bits per heavy atom. The highest BCUT2D eigenvalue weighted by molar-refractivity contribution is 7.22. The van der Waals surface area contributed by atoms with Gasteiger partial charge in [0.25, 0.3) is 0 Å². The van der Waals surface area contributed by atoms with Crippen LogP contribution in [0, 0.1) is 19.8 Å². The number of anilines is 1. The van der Waals surface area contributed by atoms with Crippen molar-refractivity contribution in [1.29, 1.82) is 0 Å². The smallest absolute Gasteiger partial charge is 0.306 e. The maximum Gasteiger partial charge on any atom is 0.306 e. The van der Waals surface area contributed by atoms with E-state index >= 15 is 0 Å². The number of nitrogens with zero attached hydrogens (tertiary/aromatic N) is 2. The van der Waals surface area contributed by atoms with Gasteiger partial charge >= 0.3 is 5.97 Å². The van der Waals surface area contributed by atoms with E-state index in [1.165, 1.54) is 15.8 Å². The van der Waals surface area contributed by atoms with Gasteiger partial charge in [0.05, 0.1) is 16.1 Å². The zero-order valence-corrected chi connectivity index (χ0v) is 12.5. The van der Waals surface area contributed by atoms with Crippen LogP contribution in [0.5, 0.6) is 0 Å². The van der Waals surface area contributed by atoms with E-state index in [0.29, 0.717) is 12.8 Å². The van der Waals surface area contributed by atoms with Crippen LogP contribution in [0.25, 0.3) is 10.2 Å². The zero-order valence-electron chi connectivity index (χ0n) is 11.7. The molecule has 1 saturated heterocycles. The molecule has 1 N–H and O–H groups in total. The topological polar surface area (TPSA) is 53.4 Å². The lowest BCUT2D eigenvalue weighted by molar-refractivity contribution is -0.142. The second-order valence-electron chi connectivity index (χ2n) is 5.47. The number of carboxylic acid groups (broad SMARTS) is 1. The molecule has 20 heavy (non-hydrogen) atoms. The molecule has 1 aromatic heterocycles. The largest absolute Gasteiger partial charge is 0.481 e. The number of hydrogen-bond acceptors (Lipinski definition) is 4. The Labute approximate surface area is 122 Å². The number of aryl methyl sites for hydroxylation is 2. The number of carbonyl (C=O) groups is 1. The van der Waals surface area contributed by atoms with Gasteiger partial charge in [0.1, 0.15) is 0 Å². The van der Waals surface area contributed by atoms with Crippen LogP contribution < -0.4 is 4.90 Å². The van der Waals surface area contributed by atoms with Crippen LogP contribution >= 0.6 is 11.3 Å². The van der Waals surface area contributed by atoms with Crippen LogP contribution in [-0.4, -0.2) is 29.1 Å². The van der Waals surface area contributed by atoms with Crippen molar-refractivity contribution in [1.82, 2.24) is 4.98 Å². The highest BCUT2D eigenvalue weighted by atomic mass is 32.1. The predicted octanol–water partition coefficient (Wildman–Crippen LogP) is 3.21. The number of thiazole rings is 1. The molecule has 0 radical (unpaired) electrons. The van der Waals surface area contributed by atoms with Crippen LogP contribution in [0.15, 0.2) is 12.1 Å². The molecule has 1 aliphatic rings. The SMILES string of the molecule is Cc1ccc(C)c2sc(N3CCC(C(=O)O)CC3)nc12. The van der Waals surface area contributed by atoms with Crippen molar-refractivity contribution in [2.75, 3.05) is 18.0 Å². The molecule has 4 nitrogen and oxygen atoms in total. The second-order valence-corrected chi connectivity index (χ2v) is 6.45. The molecule has 0 bridgehead atoms. The van der Waals surface area contributed by atoms with Crippen molar-refractivity contribution in [3.63, 3.8) is 0 Å². The number of hydrogen-bond donors (Lipinski definition) is 1. The average Bonchev–Trinajstić information content (AvgIpc) is 2.89. The number of aromatic nitrogens is 1. The third-order valence-corrected chi connectivity index (χ3v) is 5.30. The van der Waals surface area contributed by atoms with Crippen molar-refractivity contribution >= 4 is 32.7 Å². The van der Waals surface area contributed by atoms with E-state index in [0.717, 1.165) is 23.7 Å². The van der Waals surface area contributed by atoms with Gasteiger partial charge in [-0.15, -0.1) is 0 Å². The molecule has 3 rings (SSSR count). The first kappa shape index (κ1) is 13.4. The van der Waals surface area contributed by atoms with E-state index in [1.54, 1.807) is 11.3 Å². The first-order chi connectivity index (χ1) is 9.56. The molecule has 0 spiro atoms. The highest BCUT2D eigenvalue weighted by Crippen LogP contribution is 2.34. The van der Waals surface area contributed by atoms with E-state index in [1.807, 2.05) is 0 Å². The molecule has 106 valence electrons. The minimum atomic E-state index is -0.666. The molecule has 2 heterocycles. The summed E-state index contributed by atoms with van der Waals surface area (Å²) >= 11 is 1.72. The van der Waals surface area contributed by atoms with Gasteiger partial charge in [-0.05, 0) is 37.8 Å². The summed E-state index contributed by atoms with van der Waals surface area (Å²) in [5.41, 5.74) is 3.55. The van der Waals surface area contributed by atoms with Crippen molar-refractivity contribution in [2.24, 2.45) is 5.92 Å². The predicted molar refractivity (Wildman–Crippen MR) is 81.7 cm³/mol. The number of carboxylic acids is 1. The van der Waals surface area contributed by atoms with Crippen LogP contribution in [0.1, 0.15) is 24.0 Å². The lowest BCUT2D eigenvalue weighted by atomic mass is 9.98. The van der Waals surface area contributed by atoms with E-state index in [9.17, 15) is 4.79 Å². The van der Waals surface area contributed by atoms with E-state index in [4.69, 9.17) is 10.1 Å². The maximum atomic E-state index is 11.0. The van der Waals surface area contributed by atoms with Crippen LogP contribution in [0.4, 0.5) is 5.13 Å². The van der Waals surface area contributed by atoms with Gasteiger partial charge in [-0.3, -0.25) is 4.79 Å². The minimum absolute atomic E-state index is 0.191. The number of piperidine rings is 1. The Hall–Kier alpha value is -1.62. The Kier molecular flexibility index (Phi) is 3.38. The van der Waals surface area contributed by atoms with Crippen LogP contribution in [0.3, 0.4) is 0 Å². The average molecular weight is 290 g/mol. The third-order valence-electron chi connectivity index (χ3n) is 4.05. The number of rotatable bonds is 2. The van der Waals surface area contributed by atoms with Gasteiger partial charge in [-0.25, -0.2) is 4.98 Å². The van der Waals surface area contributed by atoms with Gasteiger partial charge in [-0.1, -0.05) is 23.5 Å². The minimum Gasteiger partial charge on any atom is -0.481 e. The fourth-order valence-corrected chi connectivity index (χ4v) is 3.86. The lowest BCUT2D eigenvalue weighted by Gasteiger charge is -2.29. The number of aliphatic carboxylic acids is 1. The van der Waals surface area contributed by atoms with Crippen LogP contribution in [0.2, 0.25) is 0 Å². The summed E-state index contributed by atoms with van der Waals surface area (Å²) < 4.78 is 1.25. The van der Waals surface area contributed by atoms with Gasteiger partial charge < -0.3 is 10.0 Å². The summed E-state index contributed by atoms with van der Waals surface area (Å²) in [5.74, 6) is -0.857. The van der Waals surface area contributed by atoms with Gasteiger partial charge in [0.2, 0.25) is 0 Å². The number of fused-ring (bicyclic) bond motifs is 1. The van der Waals surface area contributed by atoms with Gasteiger partial charge in [-0.2, -0.15) is 0 Å². The molecule has 0 unspecified atom stereocenters. The molecular weight excluding hydrogens is 272 g/mol. The molecule has 0 amide bonds. The summed E-state index contributed by atoms with van der Waals surface area (Å²) in [6.45, 7) is 5.77. The Bertz CT molecular complexity index is 618. The molecule has 0 aliphatic carbocycles. The summed E-state index contributed by atoms with van der Waals surface area (Å²) in [4.78, 5) is 18.0. The fourth-order valence-electron chi connectivity index (χ4n) is 2.70. The molecular formula is C15H18N2O2S. The van der Waals surface area contributed by atoms with Gasteiger partial charge in [0.15, 0.2) is 5.13 Å². The molecule has 1 aromatic carbocycles. The van der Waals surface area contributed by atoms with E-state index in [2.05, 4.69) is 30.9 Å². The van der Waals surface area contributed by atoms with E-state index < -0.39 is 5.97 Å². The quantitative estimate of drug-likeness (QED) is 0.922. The third kappa shape index (κ3) is 2.26. The highest BCUT2D eigenvalue weighted by Gasteiger charge is 2.26. The Morgan fingerprint density at radius 1 is 1.30 bits per heavy atom. The molecule has 0 saturated carbocycles. The molecule has 0 atom stereocenters. The lowest BCUT2D eigenvalue weighted by Crippen LogP contribution is -2.36. The fraction of sp³-hybridized carbons (Fsp3) is 0.467. The van der Waals surface area contributed by atoms with Crippen LogP contribution in [-0.2, 0) is 4.79 Å². The van der Waals surface area contributed by atoms with Crippen molar-refractivity contribution in [3.05, 3.63) is 23.3 Å². The zero-order chi connectivity index (χ0) is 14.3. The first-order valence-electron chi connectivity index (χ1n) is 6.91. The maximum absolute atomic E-state index is 11.0. The van der Waals surface area contributed by atoms with E-state index in [-0.39, 0.29) is 5.92 Å². The standard InChI is InChI=1S/C15H18N2O2S/c1-9-3-4-10(2)13-12(9)16-15(20-13)17-7-5-11(6-8-17)14(18)19/h3-4,11H,5-8H2,1-2H3,(H,18,19). The van der Waals surface area contributed by atoms with Crippen molar-refractivity contribution < 1.29 is 9.90 Å². The second kappa shape index (κ2) is 5.05. The molecule has 5 heteroatoms. The van der Waals surface area contributed by atoms with Gasteiger partial charge in [0, 0.05) is 13.1 Å². The molecule has 2 aromatic rings. The van der Waals surface area contributed by atoms with Crippen molar-refractivity contribution in [2.45, 2.75) is 26.7 Å². The first-order valence-corrected chi connectivity index (χ1v) is 7.72. The normalized spacial score (nSPS) is 16.8. The van der Waals surface area contributed by atoms with Crippen molar-refractivity contribution in [3.8, 4) is 0 Å². The Morgan fingerprint density at radius 3 is 2.55 bits per heavy atom. The summed E-state index contributed by atoms with van der Waals surface area (Å²) in [5, 5.41) is 10.1. The summed E-state index contributed by atoms with van der Waals surface area (Å²) in [6.07, 6.45) is 1.42. The number of benzene rings is 1. The molecule has 1 fully saturated rings. The summed E-state index contributed by atoms with van der Waals surface area (Å²) in [7, 11) is 0. The Balaban J connectivity index is 1.87. The monoisotopic (exact) mass is 290 g/mol. The molecule has 1 aliphatic heterocycles.